The summed E-state index contributed by atoms with van der Waals surface area (Å²) >= 11 is 0. The van der Waals surface area contributed by atoms with Crippen LogP contribution in [0.1, 0.15) is 13.8 Å². The van der Waals surface area contributed by atoms with Crippen LogP contribution in [-0.2, 0) is 16.6 Å². The van der Waals surface area contributed by atoms with Crippen molar-refractivity contribution in [2.24, 2.45) is 5.73 Å². The molecule has 0 aliphatic rings. The molecule has 1 heterocycles. The number of hydrogen-bond donors (Lipinski definition) is 2. The van der Waals surface area contributed by atoms with Crippen molar-refractivity contribution in [2.45, 2.75) is 31.5 Å². The predicted molar refractivity (Wildman–Crippen MR) is 64.0 cm³/mol. The van der Waals surface area contributed by atoms with E-state index in [-0.39, 0.29) is 30.0 Å². The molecule has 8 heteroatoms. The van der Waals surface area contributed by atoms with Gasteiger partial charge in [-0.3, -0.25) is 0 Å². The Hall–Kier alpha value is -0.630. The number of hydrogen-bond acceptors (Lipinski definition) is 4. The van der Waals surface area contributed by atoms with Gasteiger partial charge in [-0.05, 0) is 13.8 Å². The lowest BCUT2D eigenvalue weighted by atomic mass is 10.4. The highest BCUT2D eigenvalue weighted by atomic mass is 35.5. The third kappa shape index (κ3) is 3.75. The fourth-order valence-electron chi connectivity index (χ4n) is 1.02. The van der Waals surface area contributed by atoms with Crippen LogP contribution in [0.5, 0.6) is 0 Å². The maximum atomic E-state index is 11.7. The van der Waals surface area contributed by atoms with Crippen molar-refractivity contribution in [3.8, 4) is 0 Å². The first-order valence-corrected chi connectivity index (χ1v) is 6.22. The third-order valence-electron chi connectivity index (χ3n) is 1.96. The Balaban J connectivity index is 0.00000225. The number of imidazole rings is 1. The second-order valence-corrected chi connectivity index (χ2v) is 4.96. The molecule has 0 bridgehead atoms. The number of nitrogens with zero attached hydrogens (tertiary/aromatic N) is 2. The summed E-state index contributed by atoms with van der Waals surface area (Å²) in [5, 5.41) is 0.0321. The van der Waals surface area contributed by atoms with Crippen LogP contribution in [0.4, 0.5) is 0 Å². The minimum Gasteiger partial charge on any atom is -0.336 e. The number of aryl methyl sites for hydroxylation is 1. The SMILES string of the molecule is CCn1cnc(S(=O)(=O)N[C@H](C)CN)c1.Cl. The maximum Gasteiger partial charge on any atom is 0.259 e. The summed E-state index contributed by atoms with van der Waals surface area (Å²) in [6.45, 7) is 4.56. The summed E-state index contributed by atoms with van der Waals surface area (Å²) in [4.78, 5) is 3.82. The number of nitrogens with one attached hydrogen (secondary N) is 1. The third-order valence-corrected chi connectivity index (χ3v) is 3.43. The second-order valence-electron chi connectivity index (χ2n) is 3.30. The number of sulfonamides is 1. The number of rotatable bonds is 5. The Labute approximate surface area is 102 Å². The van der Waals surface area contributed by atoms with Crippen LogP contribution >= 0.6 is 12.4 Å². The molecule has 0 radical (unpaired) electrons. The van der Waals surface area contributed by atoms with E-state index in [0.29, 0.717) is 6.54 Å². The quantitative estimate of drug-likeness (QED) is 0.784. The molecule has 0 aliphatic heterocycles. The molecule has 0 fully saturated rings. The largest absolute Gasteiger partial charge is 0.336 e. The molecule has 3 N–H and O–H groups in total. The van der Waals surface area contributed by atoms with E-state index in [1.807, 2.05) is 6.92 Å². The topological polar surface area (TPSA) is 90.0 Å². The molecular formula is C8H17ClN4O2S. The molecule has 0 saturated carbocycles. The van der Waals surface area contributed by atoms with Gasteiger partial charge in [0.15, 0.2) is 5.03 Å². The van der Waals surface area contributed by atoms with E-state index in [1.54, 1.807) is 11.5 Å². The van der Waals surface area contributed by atoms with Crippen LogP contribution in [0.2, 0.25) is 0 Å². The summed E-state index contributed by atoms with van der Waals surface area (Å²) in [5.41, 5.74) is 5.34. The molecule has 1 atom stereocenters. The van der Waals surface area contributed by atoms with Crippen molar-refractivity contribution in [1.82, 2.24) is 14.3 Å². The van der Waals surface area contributed by atoms with E-state index in [0.717, 1.165) is 0 Å². The summed E-state index contributed by atoms with van der Waals surface area (Å²) < 4.78 is 27.5. The van der Waals surface area contributed by atoms with Gasteiger partial charge in [0.1, 0.15) is 0 Å². The maximum absolute atomic E-state index is 11.7. The van der Waals surface area contributed by atoms with Crippen molar-refractivity contribution in [1.29, 1.82) is 0 Å². The first kappa shape index (κ1) is 15.4. The number of aromatic nitrogens is 2. The van der Waals surface area contributed by atoms with Gasteiger partial charge < -0.3 is 10.3 Å². The zero-order chi connectivity index (χ0) is 11.5. The van der Waals surface area contributed by atoms with E-state index in [4.69, 9.17) is 5.73 Å². The van der Waals surface area contributed by atoms with Gasteiger partial charge in [-0.15, -0.1) is 12.4 Å². The first-order chi connectivity index (χ1) is 6.99. The Morgan fingerprint density at radius 3 is 2.69 bits per heavy atom. The lowest BCUT2D eigenvalue weighted by Gasteiger charge is -2.09. The van der Waals surface area contributed by atoms with Gasteiger partial charge in [-0.1, -0.05) is 0 Å². The minimum atomic E-state index is -3.52. The van der Waals surface area contributed by atoms with E-state index in [2.05, 4.69) is 9.71 Å². The van der Waals surface area contributed by atoms with Gasteiger partial charge >= 0.3 is 0 Å². The van der Waals surface area contributed by atoms with E-state index >= 15 is 0 Å². The second kappa shape index (κ2) is 6.19. The van der Waals surface area contributed by atoms with Crippen LogP contribution in [-0.4, -0.2) is 30.6 Å². The number of nitrogens with two attached hydrogens (primary N) is 1. The van der Waals surface area contributed by atoms with Crippen molar-refractivity contribution in [3.05, 3.63) is 12.5 Å². The zero-order valence-corrected chi connectivity index (χ0v) is 10.9. The molecular weight excluding hydrogens is 252 g/mol. The molecule has 0 unspecified atom stereocenters. The van der Waals surface area contributed by atoms with E-state index in [9.17, 15) is 8.42 Å². The molecule has 0 aromatic carbocycles. The molecule has 1 rings (SSSR count). The first-order valence-electron chi connectivity index (χ1n) is 4.73. The zero-order valence-electron chi connectivity index (χ0n) is 9.25. The highest BCUT2D eigenvalue weighted by Gasteiger charge is 2.18. The van der Waals surface area contributed by atoms with Gasteiger partial charge in [0.25, 0.3) is 10.0 Å². The molecule has 0 aliphatic carbocycles. The van der Waals surface area contributed by atoms with Gasteiger partial charge in [-0.2, -0.15) is 0 Å². The fourth-order valence-corrected chi connectivity index (χ4v) is 2.23. The summed E-state index contributed by atoms with van der Waals surface area (Å²) in [6.07, 6.45) is 2.98. The van der Waals surface area contributed by atoms with Crippen LogP contribution in [0.15, 0.2) is 17.6 Å². The smallest absolute Gasteiger partial charge is 0.259 e. The van der Waals surface area contributed by atoms with Gasteiger partial charge in [0.2, 0.25) is 0 Å². The fraction of sp³-hybridized carbons (Fsp3) is 0.625. The van der Waals surface area contributed by atoms with Gasteiger partial charge in [0.05, 0.1) is 6.33 Å². The normalized spacial score (nSPS) is 13.2. The average Bonchev–Trinajstić information content (AvgIpc) is 2.65. The Morgan fingerprint density at radius 2 is 2.25 bits per heavy atom. The Bertz CT molecular complexity index is 417. The monoisotopic (exact) mass is 268 g/mol. The Kier molecular flexibility index (Phi) is 5.95. The van der Waals surface area contributed by atoms with Crippen LogP contribution in [0.3, 0.4) is 0 Å². The van der Waals surface area contributed by atoms with E-state index < -0.39 is 10.0 Å². The molecule has 1 aromatic heterocycles. The highest BCUT2D eigenvalue weighted by Crippen LogP contribution is 2.05. The van der Waals surface area contributed by atoms with Gasteiger partial charge in [0, 0.05) is 25.3 Å². The van der Waals surface area contributed by atoms with Crippen molar-refractivity contribution in [3.63, 3.8) is 0 Å². The number of halogens is 1. The van der Waals surface area contributed by atoms with Crippen molar-refractivity contribution in [2.75, 3.05) is 6.54 Å². The summed E-state index contributed by atoms with van der Waals surface area (Å²) in [5.74, 6) is 0. The van der Waals surface area contributed by atoms with Crippen LogP contribution in [0, 0.1) is 0 Å². The lowest BCUT2D eigenvalue weighted by molar-refractivity contribution is 0.559. The van der Waals surface area contributed by atoms with E-state index in [1.165, 1.54) is 12.5 Å². The molecule has 16 heavy (non-hydrogen) atoms. The Morgan fingerprint density at radius 1 is 1.62 bits per heavy atom. The molecule has 1 aromatic rings. The van der Waals surface area contributed by atoms with Crippen molar-refractivity contribution < 1.29 is 8.42 Å². The van der Waals surface area contributed by atoms with Gasteiger partial charge in [-0.25, -0.2) is 18.1 Å². The molecule has 0 amide bonds. The standard InChI is InChI=1S/C8H16N4O2S.ClH/c1-3-12-5-8(10-6-12)15(13,14)11-7(2)4-9;/h5-7,11H,3-4,9H2,1-2H3;1H/t7-;/m1./s1. The van der Waals surface area contributed by atoms with Crippen LogP contribution < -0.4 is 10.5 Å². The highest BCUT2D eigenvalue weighted by molar-refractivity contribution is 7.89. The summed E-state index contributed by atoms with van der Waals surface area (Å²) in [6, 6.07) is -0.290. The average molecular weight is 269 g/mol. The molecule has 0 spiro atoms. The molecule has 94 valence electrons. The minimum absolute atomic E-state index is 0. The summed E-state index contributed by atoms with van der Waals surface area (Å²) in [7, 11) is -3.52. The molecule has 0 saturated heterocycles. The van der Waals surface area contributed by atoms with Crippen molar-refractivity contribution >= 4 is 22.4 Å². The lowest BCUT2D eigenvalue weighted by Crippen LogP contribution is -2.37. The molecule has 6 nitrogen and oxygen atoms in total. The predicted octanol–water partition coefficient (Wildman–Crippen LogP) is -0.0497. The van der Waals surface area contributed by atoms with Crippen LogP contribution in [0.25, 0.3) is 0 Å².